The van der Waals surface area contributed by atoms with Crippen LogP contribution in [-0.2, 0) is 32.6 Å². The Balaban J connectivity index is 1.78. The molecular formula is C31H29Cl2N3O4S. The molecule has 1 unspecified atom stereocenters. The van der Waals surface area contributed by atoms with Gasteiger partial charge in [-0.25, -0.2) is 8.42 Å². The molecule has 212 valence electrons. The van der Waals surface area contributed by atoms with Crippen LogP contribution in [0.15, 0.2) is 114 Å². The van der Waals surface area contributed by atoms with Gasteiger partial charge in [-0.2, -0.15) is 0 Å². The fourth-order valence-corrected chi connectivity index (χ4v) is 6.26. The Hall–Kier alpha value is -3.85. The third kappa shape index (κ3) is 7.67. The summed E-state index contributed by atoms with van der Waals surface area (Å²) < 4.78 is 28.8. The van der Waals surface area contributed by atoms with Crippen LogP contribution in [0.5, 0.6) is 0 Å². The number of hydrogen-bond donors (Lipinski definition) is 1. The highest BCUT2D eigenvalue weighted by Gasteiger charge is 2.34. The van der Waals surface area contributed by atoms with Crippen molar-refractivity contribution in [3.63, 3.8) is 0 Å². The van der Waals surface area contributed by atoms with E-state index in [0.29, 0.717) is 15.6 Å². The Bertz CT molecular complexity index is 1600. The molecule has 0 aromatic heterocycles. The standard InChI is InChI=1S/C31H29Cl2N3O4S/c1-34-31(38)29(19-23-10-4-2-5-11-23)35(21-24-12-8-13-25(32)18-24)30(37)22-36(27-15-9-14-26(33)20-27)41(39,40)28-16-6-3-7-17-28/h2-18,20,29H,19,21-22H2,1H3,(H,34,38). The first-order valence-electron chi connectivity index (χ1n) is 12.8. The van der Waals surface area contributed by atoms with Crippen LogP contribution in [0.1, 0.15) is 11.1 Å². The van der Waals surface area contributed by atoms with Crippen molar-refractivity contribution in [2.24, 2.45) is 0 Å². The Kier molecular flexibility index (Phi) is 10.0. The number of nitrogens with zero attached hydrogens (tertiary/aromatic N) is 2. The zero-order valence-corrected chi connectivity index (χ0v) is 24.6. The fraction of sp³-hybridized carbons (Fsp3) is 0.161. The summed E-state index contributed by atoms with van der Waals surface area (Å²) in [5.74, 6) is -0.960. The van der Waals surface area contributed by atoms with Crippen LogP contribution in [0.25, 0.3) is 0 Å². The van der Waals surface area contributed by atoms with Crippen LogP contribution >= 0.6 is 23.2 Å². The molecule has 0 bridgehead atoms. The molecule has 1 atom stereocenters. The zero-order valence-electron chi connectivity index (χ0n) is 22.3. The summed E-state index contributed by atoms with van der Waals surface area (Å²) in [6.07, 6.45) is 0.218. The Morgan fingerprint density at radius 3 is 1.98 bits per heavy atom. The number of benzene rings is 4. The molecule has 10 heteroatoms. The SMILES string of the molecule is CNC(=O)C(Cc1ccccc1)N(Cc1cccc(Cl)c1)C(=O)CN(c1cccc(Cl)c1)S(=O)(=O)c1ccccc1. The first kappa shape index (κ1) is 30.1. The summed E-state index contributed by atoms with van der Waals surface area (Å²) in [4.78, 5) is 28.9. The fourth-order valence-electron chi connectivity index (χ4n) is 4.43. The molecule has 0 saturated carbocycles. The summed E-state index contributed by atoms with van der Waals surface area (Å²) in [6.45, 7) is -0.542. The van der Waals surface area contributed by atoms with Crippen LogP contribution in [0.4, 0.5) is 5.69 Å². The average Bonchev–Trinajstić information content (AvgIpc) is 2.98. The van der Waals surface area contributed by atoms with Crippen LogP contribution in [0, 0.1) is 0 Å². The highest BCUT2D eigenvalue weighted by molar-refractivity contribution is 7.92. The van der Waals surface area contributed by atoms with E-state index in [1.54, 1.807) is 60.7 Å². The number of nitrogens with one attached hydrogen (secondary N) is 1. The van der Waals surface area contributed by atoms with Gasteiger partial charge in [-0.05, 0) is 53.6 Å². The number of amides is 2. The second kappa shape index (κ2) is 13.7. The first-order chi connectivity index (χ1) is 19.7. The third-order valence-corrected chi connectivity index (χ3v) is 8.72. The van der Waals surface area contributed by atoms with Crippen LogP contribution < -0.4 is 9.62 Å². The van der Waals surface area contributed by atoms with Crippen molar-refractivity contribution in [1.82, 2.24) is 10.2 Å². The molecule has 0 aliphatic rings. The van der Waals surface area contributed by atoms with Gasteiger partial charge >= 0.3 is 0 Å². The smallest absolute Gasteiger partial charge is 0.264 e. The molecule has 2 amide bonds. The number of anilines is 1. The van der Waals surface area contributed by atoms with E-state index < -0.39 is 28.5 Å². The van der Waals surface area contributed by atoms with Crippen LogP contribution in [0.2, 0.25) is 10.0 Å². The normalized spacial score (nSPS) is 11.9. The van der Waals surface area contributed by atoms with E-state index in [0.717, 1.165) is 9.87 Å². The van der Waals surface area contributed by atoms with Gasteiger partial charge in [0.1, 0.15) is 12.6 Å². The third-order valence-electron chi connectivity index (χ3n) is 6.47. The Morgan fingerprint density at radius 2 is 1.37 bits per heavy atom. The molecule has 0 saturated heterocycles. The zero-order chi connectivity index (χ0) is 29.4. The number of rotatable bonds is 11. The number of carbonyl (C=O) groups is 2. The van der Waals surface area contributed by atoms with Gasteiger partial charge in [0.05, 0.1) is 10.6 Å². The first-order valence-corrected chi connectivity index (χ1v) is 15.0. The average molecular weight is 611 g/mol. The summed E-state index contributed by atoms with van der Waals surface area (Å²) >= 11 is 12.5. The summed E-state index contributed by atoms with van der Waals surface area (Å²) in [6, 6.07) is 29.5. The van der Waals surface area contributed by atoms with Crippen molar-refractivity contribution in [2.75, 3.05) is 17.9 Å². The predicted molar refractivity (Wildman–Crippen MR) is 162 cm³/mol. The van der Waals surface area contributed by atoms with Gasteiger partial charge in [0.25, 0.3) is 10.0 Å². The van der Waals surface area contributed by atoms with Crippen molar-refractivity contribution in [2.45, 2.75) is 23.9 Å². The lowest BCUT2D eigenvalue weighted by Gasteiger charge is -2.33. The van der Waals surface area contributed by atoms with Crippen molar-refractivity contribution >= 4 is 50.7 Å². The van der Waals surface area contributed by atoms with Gasteiger partial charge in [-0.3, -0.25) is 13.9 Å². The minimum Gasteiger partial charge on any atom is -0.357 e. The van der Waals surface area contributed by atoms with Gasteiger partial charge in [-0.1, -0.05) is 89.9 Å². The number of sulfonamides is 1. The quantitative estimate of drug-likeness (QED) is 0.241. The van der Waals surface area contributed by atoms with Crippen molar-refractivity contribution in [1.29, 1.82) is 0 Å². The lowest BCUT2D eigenvalue weighted by atomic mass is 10.0. The highest BCUT2D eigenvalue weighted by atomic mass is 35.5. The molecule has 1 N–H and O–H groups in total. The summed E-state index contributed by atoms with van der Waals surface area (Å²) in [5.41, 5.74) is 1.75. The molecule has 0 spiro atoms. The maximum atomic E-state index is 14.2. The highest BCUT2D eigenvalue weighted by Crippen LogP contribution is 2.27. The summed E-state index contributed by atoms with van der Waals surface area (Å²) in [7, 11) is -2.68. The van der Waals surface area contributed by atoms with E-state index in [9.17, 15) is 18.0 Å². The number of carbonyl (C=O) groups excluding carboxylic acids is 2. The van der Waals surface area contributed by atoms with Gasteiger partial charge in [0, 0.05) is 30.1 Å². The minimum absolute atomic E-state index is 0.0151. The lowest BCUT2D eigenvalue weighted by molar-refractivity contribution is -0.139. The van der Waals surface area contributed by atoms with Gasteiger partial charge in [-0.15, -0.1) is 0 Å². The molecule has 4 rings (SSSR count). The van der Waals surface area contributed by atoms with Crippen molar-refractivity contribution in [3.8, 4) is 0 Å². The molecule has 0 heterocycles. The maximum absolute atomic E-state index is 14.2. The number of halogens is 2. The number of likely N-dealkylation sites (N-methyl/N-ethyl adjacent to an activating group) is 1. The van der Waals surface area contributed by atoms with Crippen molar-refractivity contribution < 1.29 is 18.0 Å². The molecule has 0 aliphatic heterocycles. The molecule has 4 aromatic carbocycles. The summed E-state index contributed by atoms with van der Waals surface area (Å²) in [5, 5.41) is 3.44. The molecule has 0 aliphatic carbocycles. The minimum atomic E-state index is -4.18. The molecular weight excluding hydrogens is 581 g/mol. The van der Waals surface area contributed by atoms with E-state index in [4.69, 9.17) is 23.2 Å². The van der Waals surface area contributed by atoms with Gasteiger partial charge < -0.3 is 10.2 Å². The molecule has 41 heavy (non-hydrogen) atoms. The van der Waals surface area contributed by atoms with E-state index in [1.165, 1.54) is 30.1 Å². The molecule has 0 radical (unpaired) electrons. The maximum Gasteiger partial charge on any atom is 0.264 e. The topological polar surface area (TPSA) is 86.8 Å². The second-order valence-corrected chi connectivity index (χ2v) is 12.0. The lowest BCUT2D eigenvalue weighted by Crippen LogP contribution is -2.53. The van der Waals surface area contributed by atoms with E-state index in [2.05, 4.69) is 5.32 Å². The molecule has 4 aromatic rings. The second-order valence-electron chi connectivity index (χ2n) is 9.28. The van der Waals surface area contributed by atoms with E-state index in [1.807, 2.05) is 30.3 Å². The van der Waals surface area contributed by atoms with Gasteiger partial charge in [0.2, 0.25) is 11.8 Å². The Morgan fingerprint density at radius 1 is 0.780 bits per heavy atom. The van der Waals surface area contributed by atoms with E-state index >= 15 is 0 Å². The molecule has 7 nitrogen and oxygen atoms in total. The Labute approximate surface area is 250 Å². The predicted octanol–water partition coefficient (Wildman–Crippen LogP) is 5.57. The van der Waals surface area contributed by atoms with E-state index in [-0.39, 0.29) is 29.5 Å². The van der Waals surface area contributed by atoms with Crippen LogP contribution in [0.3, 0.4) is 0 Å². The van der Waals surface area contributed by atoms with Crippen LogP contribution in [-0.4, -0.2) is 44.8 Å². The van der Waals surface area contributed by atoms with Crippen molar-refractivity contribution in [3.05, 3.63) is 130 Å². The molecule has 0 fully saturated rings. The number of hydrogen-bond acceptors (Lipinski definition) is 4. The van der Waals surface area contributed by atoms with Gasteiger partial charge in [0.15, 0.2) is 0 Å². The monoisotopic (exact) mass is 609 g/mol. The largest absolute Gasteiger partial charge is 0.357 e.